The van der Waals surface area contributed by atoms with Gasteiger partial charge < -0.3 is 21.1 Å². The number of likely N-dealkylation sites (tertiary alicyclic amines) is 1. The van der Waals surface area contributed by atoms with E-state index in [4.69, 9.17) is 21.3 Å². The number of anilines is 1. The number of amides is 2. The van der Waals surface area contributed by atoms with Gasteiger partial charge in [-0.2, -0.15) is 5.10 Å². The third-order valence-corrected chi connectivity index (χ3v) is 5.94. The second-order valence-corrected chi connectivity index (χ2v) is 8.18. The van der Waals surface area contributed by atoms with Crippen LogP contribution in [0.4, 0.5) is 5.82 Å². The third kappa shape index (κ3) is 4.93. The molecule has 0 radical (unpaired) electrons. The third-order valence-electron chi connectivity index (χ3n) is 5.94. The van der Waals surface area contributed by atoms with Gasteiger partial charge in [-0.15, -0.1) is 0 Å². The largest absolute Gasteiger partial charge is 0.439 e. The predicted octanol–water partition coefficient (Wildman–Crippen LogP) is 3.55. The summed E-state index contributed by atoms with van der Waals surface area (Å²) in [6.07, 6.45) is 6.16. The minimum atomic E-state index is -0.624. The van der Waals surface area contributed by atoms with Gasteiger partial charge in [0.2, 0.25) is 11.8 Å². The molecule has 4 rings (SSSR count). The molecular weight excluding hydrogens is 432 g/mol. The van der Waals surface area contributed by atoms with Gasteiger partial charge in [0.1, 0.15) is 22.8 Å². The molecule has 1 aliphatic rings. The Morgan fingerprint density at radius 1 is 1.09 bits per heavy atom. The topological polar surface area (TPSA) is 129 Å². The summed E-state index contributed by atoms with van der Waals surface area (Å²) in [5.41, 5.74) is 13.4. The van der Waals surface area contributed by atoms with Crippen molar-refractivity contribution in [2.75, 3.05) is 18.8 Å². The van der Waals surface area contributed by atoms with E-state index in [2.05, 4.69) is 11.6 Å². The number of nitrogens with zero attached hydrogens (tertiary/aromatic N) is 4. The van der Waals surface area contributed by atoms with Gasteiger partial charge in [0.05, 0.1) is 6.04 Å². The van der Waals surface area contributed by atoms with Gasteiger partial charge in [0.25, 0.3) is 5.91 Å². The van der Waals surface area contributed by atoms with Crippen LogP contribution in [0.3, 0.4) is 0 Å². The summed E-state index contributed by atoms with van der Waals surface area (Å²) < 4.78 is 7.46. The van der Waals surface area contributed by atoms with E-state index in [1.165, 1.54) is 6.08 Å². The number of ether oxygens (including phenoxy) is 1. The lowest BCUT2D eigenvalue weighted by Crippen LogP contribution is -2.33. The zero-order valence-corrected chi connectivity index (χ0v) is 18.9. The van der Waals surface area contributed by atoms with Crippen LogP contribution in [-0.4, -0.2) is 44.6 Å². The number of pyridine rings is 1. The predicted molar refractivity (Wildman–Crippen MR) is 129 cm³/mol. The Hall–Kier alpha value is -4.14. The van der Waals surface area contributed by atoms with Crippen molar-refractivity contribution >= 4 is 17.6 Å². The molecule has 1 aliphatic heterocycles. The van der Waals surface area contributed by atoms with Crippen LogP contribution >= 0.6 is 0 Å². The maximum Gasteiger partial charge on any atom is 0.254 e. The average Bonchev–Trinajstić information content (AvgIpc) is 3.17. The monoisotopic (exact) mass is 460 g/mol. The van der Waals surface area contributed by atoms with Crippen LogP contribution in [0.15, 0.2) is 61.3 Å². The Labute approximate surface area is 198 Å². The van der Waals surface area contributed by atoms with Crippen molar-refractivity contribution < 1.29 is 14.3 Å². The minimum absolute atomic E-state index is 0.0135. The standard InChI is InChI=1S/C25H28N6O3/c1-2-21(32)30-15-5-7-18(8-6-16-30)31-24(26)22(25(27)33)23(29-31)17-10-12-19(13-11-17)34-20-9-3-4-14-28-20/h2-4,9-14,18H,1,5-8,15-16,26H2,(H2,27,33). The van der Waals surface area contributed by atoms with E-state index in [1.807, 2.05) is 29.2 Å². The van der Waals surface area contributed by atoms with Gasteiger partial charge in [-0.25, -0.2) is 9.67 Å². The summed E-state index contributed by atoms with van der Waals surface area (Å²) >= 11 is 0. The van der Waals surface area contributed by atoms with Gasteiger partial charge in [0, 0.05) is 30.9 Å². The molecule has 1 aromatic carbocycles. The molecule has 9 nitrogen and oxygen atoms in total. The second kappa shape index (κ2) is 10.2. The summed E-state index contributed by atoms with van der Waals surface area (Å²) in [4.78, 5) is 30.2. The van der Waals surface area contributed by atoms with Gasteiger partial charge in [-0.1, -0.05) is 12.6 Å². The van der Waals surface area contributed by atoms with E-state index >= 15 is 0 Å². The van der Waals surface area contributed by atoms with Crippen LogP contribution < -0.4 is 16.2 Å². The number of carbonyl (C=O) groups excluding carboxylic acids is 2. The van der Waals surface area contributed by atoms with Crippen LogP contribution in [0, 0.1) is 0 Å². The minimum Gasteiger partial charge on any atom is -0.439 e. The maximum absolute atomic E-state index is 12.3. The molecule has 176 valence electrons. The smallest absolute Gasteiger partial charge is 0.254 e. The van der Waals surface area contributed by atoms with Crippen molar-refractivity contribution in [3.63, 3.8) is 0 Å². The van der Waals surface area contributed by atoms with Gasteiger partial charge in [-0.05, 0) is 62.1 Å². The molecule has 3 heterocycles. The number of nitrogens with two attached hydrogens (primary N) is 2. The molecule has 0 bridgehead atoms. The van der Waals surface area contributed by atoms with E-state index in [-0.39, 0.29) is 23.3 Å². The first-order chi connectivity index (χ1) is 16.5. The Balaban J connectivity index is 1.57. The van der Waals surface area contributed by atoms with Crippen molar-refractivity contribution in [1.29, 1.82) is 0 Å². The number of aromatic nitrogens is 3. The first kappa shape index (κ1) is 23.0. The van der Waals surface area contributed by atoms with E-state index in [9.17, 15) is 9.59 Å². The summed E-state index contributed by atoms with van der Waals surface area (Å²) in [5.74, 6) is 0.682. The lowest BCUT2D eigenvalue weighted by molar-refractivity contribution is -0.126. The van der Waals surface area contributed by atoms with Crippen LogP contribution in [-0.2, 0) is 4.79 Å². The number of rotatable bonds is 6. The number of benzene rings is 1. The average molecular weight is 461 g/mol. The molecule has 0 aliphatic carbocycles. The fraction of sp³-hybridized carbons (Fsp3) is 0.280. The molecule has 0 saturated carbocycles. The Morgan fingerprint density at radius 2 is 1.79 bits per heavy atom. The molecule has 0 unspecified atom stereocenters. The Kier molecular flexibility index (Phi) is 6.91. The summed E-state index contributed by atoms with van der Waals surface area (Å²) in [6.45, 7) is 4.87. The van der Waals surface area contributed by atoms with E-state index in [1.54, 1.807) is 29.1 Å². The van der Waals surface area contributed by atoms with Crippen LogP contribution in [0.2, 0.25) is 0 Å². The zero-order chi connectivity index (χ0) is 24.1. The molecular formula is C25H28N6O3. The highest BCUT2D eigenvalue weighted by atomic mass is 16.5. The number of primary amides is 1. The Morgan fingerprint density at radius 3 is 2.38 bits per heavy atom. The van der Waals surface area contributed by atoms with E-state index in [0.29, 0.717) is 36.0 Å². The summed E-state index contributed by atoms with van der Waals surface area (Å²) in [5, 5.41) is 4.72. The molecule has 0 atom stereocenters. The quantitative estimate of drug-likeness (QED) is 0.541. The molecule has 34 heavy (non-hydrogen) atoms. The first-order valence-electron chi connectivity index (χ1n) is 11.3. The first-order valence-corrected chi connectivity index (χ1v) is 11.3. The number of hydrogen-bond acceptors (Lipinski definition) is 6. The highest BCUT2D eigenvalue weighted by molar-refractivity contribution is 6.03. The Bertz CT molecular complexity index is 1160. The van der Waals surface area contributed by atoms with Crippen molar-refractivity contribution in [2.24, 2.45) is 5.73 Å². The molecule has 1 saturated heterocycles. The summed E-state index contributed by atoms with van der Waals surface area (Å²) in [6, 6.07) is 12.6. The lowest BCUT2D eigenvalue weighted by Gasteiger charge is -2.27. The normalized spacial score (nSPS) is 14.8. The number of nitrogen functional groups attached to an aromatic ring is 1. The molecule has 2 amide bonds. The fourth-order valence-electron chi connectivity index (χ4n) is 4.27. The molecule has 3 aromatic rings. The van der Waals surface area contributed by atoms with Gasteiger partial charge in [0.15, 0.2) is 0 Å². The van der Waals surface area contributed by atoms with E-state index in [0.717, 1.165) is 25.7 Å². The fourth-order valence-corrected chi connectivity index (χ4v) is 4.27. The van der Waals surface area contributed by atoms with Crippen molar-refractivity contribution in [2.45, 2.75) is 31.7 Å². The lowest BCUT2D eigenvalue weighted by atomic mass is 10.0. The number of hydrogen-bond donors (Lipinski definition) is 2. The molecule has 9 heteroatoms. The van der Waals surface area contributed by atoms with E-state index < -0.39 is 5.91 Å². The van der Waals surface area contributed by atoms with Gasteiger partial charge in [-0.3, -0.25) is 9.59 Å². The number of carbonyl (C=O) groups is 2. The van der Waals surface area contributed by atoms with Crippen molar-refractivity contribution in [3.05, 3.63) is 66.9 Å². The second-order valence-electron chi connectivity index (χ2n) is 8.18. The molecule has 2 aromatic heterocycles. The molecule has 4 N–H and O–H groups in total. The van der Waals surface area contributed by atoms with Crippen molar-refractivity contribution in [1.82, 2.24) is 19.7 Å². The molecule has 1 fully saturated rings. The van der Waals surface area contributed by atoms with Crippen LogP contribution in [0.5, 0.6) is 11.6 Å². The highest BCUT2D eigenvalue weighted by Crippen LogP contribution is 2.33. The van der Waals surface area contributed by atoms with Crippen LogP contribution in [0.1, 0.15) is 42.1 Å². The highest BCUT2D eigenvalue weighted by Gasteiger charge is 2.26. The van der Waals surface area contributed by atoms with Crippen molar-refractivity contribution in [3.8, 4) is 22.9 Å². The molecule has 0 spiro atoms. The van der Waals surface area contributed by atoms with Gasteiger partial charge >= 0.3 is 0 Å². The summed E-state index contributed by atoms with van der Waals surface area (Å²) in [7, 11) is 0. The maximum atomic E-state index is 12.3. The zero-order valence-electron chi connectivity index (χ0n) is 18.9. The van der Waals surface area contributed by atoms with Crippen LogP contribution in [0.25, 0.3) is 11.3 Å². The SMILES string of the molecule is C=CC(=O)N1CCCC(n2nc(-c3ccc(Oc4ccccn4)cc3)c(C(N)=O)c2N)CCC1.